The van der Waals surface area contributed by atoms with Crippen molar-refractivity contribution >= 4 is 27.6 Å². The van der Waals surface area contributed by atoms with Crippen molar-refractivity contribution in [2.24, 2.45) is 0 Å². The SMILES string of the molecule is CNS(=O)(=O)c1cccc(NC(=O)c2ccc(-n3nc(C)c(CCC(=O)OC)c3C)cc2)c1. The Balaban J connectivity index is 1.76. The number of benzene rings is 2. The number of aromatic nitrogens is 2. The van der Waals surface area contributed by atoms with E-state index in [1.54, 1.807) is 41.1 Å². The molecule has 1 heterocycles. The van der Waals surface area contributed by atoms with Gasteiger partial charge in [-0.2, -0.15) is 5.10 Å². The van der Waals surface area contributed by atoms with Crippen LogP contribution in [0.3, 0.4) is 0 Å². The minimum absolute atomic E-state index is 0.0608. The van der Waals surface area contributed by atoms with Gasteiger partial charge in [-0.1, -0.05) is 6.07 Å². The van der Waals surface area contributed by atoms with Gasteiger partial charge < -0.3 is 10.1 Å². The fraction of sp³-hybridized carbons (Fsp3) is 0.261. The van der Waals surface area contributed by atoms with E-state index >= 15 is 0 Å². The number of methoxy groups -OCH3 is 1. The minimum Gasteiger partial charge on any atom is -0.469 e. The van der Waals surface area contributed by atoms with Crippen molar-refractivity contribution in [1.29, 1.82) is 0 Å². The summed E-state index contributed by atoms with van der Waals surface area (Å²) in [4.78, 5) is 24.2. The van der Waals surface area contributed by atoms with Crippen molar-refractivity contribution in [3.63, 3.8) is 0 Å². The Morgan fingerprint density at radius 2 is 1.79 bits per heavy atom. The van der Waals surface area contributed by atoms with Crippen molar-refractivity contribution in [2.75, 3.05) is 19.5 Å². The van der Waals surface area contributed by atoms with Gasteiger partial charge in [0.15, 0.2) is 0 Å². The van der Waals surface area contributed by atoms with Crippen LogP contribution in [-0.2, 0) is 26.0 Å². The second-order valence-corrected chi connectivity index (χ2v) is 9.26. The lowest BCUT2D eigenvalue weighted by atomic mass is 10.1. The maximum Gasteiger partial charge on any atom is 0.305 e. The smallest absolute Gasteiger partial charge is 0.305 e. The second-order valence-electron chi connectivity index (χ2n) is 7.37. The number of aryl methyl sites for hydroxylation is 1. The number of rotatable bonds is 8. The Labute approximate surface area is 192 Å². The maximum absolute atomic E-state index is 12.7. The number of ether oxygens (including phenoxy) is 1. The van der Waals surface area contributed by atoms with Gasteiger partial charge in [0.25, 0.3) is 5.91 Å². The standard InChI is InChI=1S/C23H26N4O5S/c1-15-21(12-13-22(28)32-4)16(2)27(26-15)19-10-8-17(9-11-19)23(29)25-18-6-5-7-20(14-18)33(30,31)24-3/h5-11,14,24H,12-13H2,1-4H3,(H,25,29). The van der Waals surface area contributed by atoms with E-state index in [2.05, 4.69) is 15.1 Å². The Hall–Kier alpha value is -3.50. The monoisotopic (exact) mass is 470 g/mol. The molecule has 0 atom stereocenters. The van der Waals surface area contributed by atoms with Crippen LogP contribution in [0.4, 0.5) is 5.69 Å². The molecule has 0 radical (unpaired) electrons. The molecule has 0 spiro atoms. The summed E-state index contributed by atoms with van der Waals surface area (Å²) in [7, 11) is -0.919. The predicted molar refractivity (Wildman–Crippen MR) is 124 cm³/mol. The average Bonchev–Trinajstić information content (AvgIpc) is 3.10. The van der Waals surface area contributed by atoms with Gasteiger partial charge in [-0.3, -0.25) is 9.59 Å². The van der Waals surface area contributed by atoms with E-state index in [0.717, 1.165) is 22.6 Å². The number of carbonyl (C=O) groups is 2. The van der Waals surface area contributed by atoms with Crippen molar-refractivity contribution in [2.45, 2.75) is 31.6 Å². The summed E-state index contributed by atoms with van der Waals surface area (Å²) in [5, 5.41) is 7.28. The Bertz CT molecular complexity index is 1280. The van der Waals surface area contributed by atoms with Gasteiger partial charge >= 0.3 is 5.97 Å². The molecule has 0 aliphatic heterocycles. The molecule has 2 aromatic carbocycles. The molecule has 10 heteroatoms. The highest BCUT2D eigenvalue weighted by atomic mass is 32.2. The summed E-state index contributed by atoms with van der Waals surface area (Å²) in [6.07, 6.45) is 0.812. The summed E-state index contributed by atoms with van der Waals surface area (Å²) >= 11 is 0. The molecule has 9 nitrogen and oxygen atoms in total. The van der Waals surface area contributed by atoms with E-state index in [-0.39, 0.29) is 23.2 Å². The lowest BCUT2D eigenvalue weighted by Crippen LogP contribution is -2.19. The third-order valence-corrected chi connectivity index (χ3v) is 6.70. The Kier molecular flexibility index (Phi) is 7.29. The first-order valence-electron chi connectivity index (χ1n) is 10.2. The van der Waals surface area contributed by atoms with Crippen molar-refractivity contribution in [3.05, 3.63) is 71.0 Å². The maximum atomic E-state index is 12.7. The van der Waals surface area contributed by atoms with E-state index in [0.29, 0.717) is 17.7 Å². The summed E-state index contributed by atoms with van der Waals surface area (Å²) in [6.45, 7) is 3.82. The molecule has 0 bridgehead atoms. The quantitative estimate of drug-likeness (QED) is 0.489. The molecule has 174 valence electrons. The van der Waals surface area contributed by atoms with Gasteiger partial charge in [-0.25, -0.2) is 17.8 Å². The third kappa shape index (κ3) is 5.47. The fourth-order valence-electron chi connectivity index (χ4n) is 3.43. The van der Waals surface area contributed by atoms with Crippen LogP contribution in [-0.4, -0.2) is 44.2 Å². The van der Waals surface area contributed by atoms with Crippen molar-refractivity contribution in [1.82, 2.24) is 14.5 Å². The van der Waals surface area contributed by atoms with Gasteiger partial charge in [0.1, 0.15) is 0 Å². The second kappa shape index (κ2) is 9.97. The summed E-state index contributed by atoms with van der Waals surface area (Å²) in [6, 6.07) is 12.9. The van der Waals surface area contributed by atoms with Crippen LogP contribution in [0.15, 0.2) is 53.4 Å². The molecule has 0 saturated heterocycles. The molecular formula is C23H26N4O5S. The Morgan fingerprint density at radius 3 is 2.42 bits per heavy atom. The van der Waals surface area contributed by atoms with E-state index in [4.69, 9.17) is 4.74 Å². The van der Waals surface area contributed by atoms with Crippen LogP contribution < -0.4 is 10.0 Å². The molecule has 1 amide bonds. The van der Waals surface area contributed by atoms with Gasteiger partial charge in [0, 0.05) is 23.4 Å². The number of anilines is 1. The van der Waals surface area contributed by atoms with Gasteiger partial charge in [-0.15, -0.1) is 0 Å². The first-order valence-corrected chi connectivity index (χ1v) is 11.7. The predicted octanol–water partition coefficient (Wildman–Crippen LogP) is 2.76. The molecule has 3 rings (SSSR count). The van der Waals surface area contributed by atoms with Gasteiger partial charge in [-0.05, 0) is 75.3 Å². The highest BCUT2D eigenvalue weighted by molar-refractivity contribution is 7.89. The Morgan fingerprint density at radius 1 is 1.09 bits per heavy atom. The van der Waals surface area contributed by atoms with Crippen molar-refractivity contribution < 1.29 is 22.7 Å². The molecule has 33 heavy (non-hydrogen) atoms. The number of hydrogen-bond acceptors (Lipinski definition) is 6. The van der Waals surface area contributed by atoms with Crippen LogP contribution >= 0.6 is 0 Å². The summed E-state index contributed by atoms with van der Waals surface area (Å²) < 4.78 is 32.7. The normalized spacial score (nSPS) is 11.3. The zero-order valence-corrected chi connectivity index (χ0v) is 19.7. The van der Waals surface area contributed by atoms with E-state index in [9.17, 15) is 18.0 Å². The number of carbonyl (C=O) groups excluding carboxylic acids is 2. The molecule has 0 aliphatic rings. The first kappa shape index (κ1) is 24.1. The van der Waals surface area contributed by atoms with Crippen LogP contribution in [0.5, 0.6) is 0 Å². The van der Waals surface area contributed by atoms with Crippen LogP contribution in [0.1, 0.15) is 33.7 Å². The van der Waals surface area contributed by atoms with Crippen LogP contribution in [0.25, 0.3) is 5.69 Å². The number of hydrogen-bond donors (Lipinski definition) is 2. The minimum atomic E-state index is -3.61. The number of nitrogens with one attached hydrogen (secondary N) is 2. The van der Waals surface area contributed by atoms with E-state index in [1.807, 2.05) is 13.8 Å². The summed E-state index contributed by atoms with van der Waals surface area (Å²) in [5.41, 5.74) is 4.28. The number of sulfonamides is 1. The highest BCUT2D eigenvalue weighted by Crippen LogP contribution is 2.21. The molecule has 0 fully saturated rings. The lowest BCUT2D eigenvalue weighted by molar-refractivity contribution is -0.140. The number of esters is 1. The van der Waals surface area contributed by atoms with Gasteiger partial charge in [0.2, 0.25) is 10.0 Å². The van der Waals surface area contributed by atoms with Crippen molar-refractivity contribution in [3.8, 4) is 5.69 Å². The van der Waals surface area contributed by atoms with Crippen LogP contribution in [0, 0.1) is 13.8 Å². The zero-order valence-electron chi connectivity index (χ0n) is 18.9. The zero-order chi connectivity index (χ0) is 24.2. The van der Waals surface area contributed by atoms with Gasteiger partial charge in [0.05, 0.1) is 23.4 Å². The highest BCUT2D eigenvalue weighted by Gasteiger charge is 2.16. The largest absolute Gasteiger partial charge is 0.469 e. The topological polar surface area (TPSA) is 119 Å². The summed E-state index contributed by atoms with van der Waals surface area (Å²) in [5.74, 6) is -0.640. The lowest BCUT2D eigenvalue weighted by Gasteiger charge is -2.09. The van der Waals surface area contributed by atoms with Crippen LogP contribution in [0.2, 0.25) is 0 Å². The van der Waals surface area contributed by atoms with E-state index < -0.39 is 10.0 Å². The number of amides is 1. The molecular weight excluding hydrogens is 444 g/mol. The third-order valence-electron chi connectivity index (χ3n) is 5.29. The van der Waals surface area contributed by atoms with E-state index in [1.165, 1.54) is 26.3 Å². The molecule has 0 saturated carbocycles. The molecule has 2 N–H and O–H groups in total. The molecule has 0 aliphatic carbocycles. The number of nitrogens with zero attached hydrogens (tertiary/aromatic N) is 2. The average molecular weight is 471 g/mol. The fourth-order valence-corrected chi connectivity index (χ4v) is 4.21. The molecule has 3 aromatic rings. The molecule has 0 unspecified atom stereocenters. The first-order chi connectivity index (χ1) is 15.7. The molecule has 1 aromatic heterocycles.